The second-order valence-electron chi connectivity index (χ2n) is 8.25. The highest BCUT2D eigenvalue weighted by Gasteiger charge is 2.30. The van der Waals surface area contributed by atoms with E-state index in [0.717, 1.165) is 4.90 Å². The Morgan fingerprint density at radius 1 is 1.06 bits per heavy atom. The summed E-state index contributed by atoms with van der Waals surface area (Å²) in [5.41, 5.74) is 0.00758. The van der Waals surface area contributed by atoms with Gasteiger partial charge in [0.2, 0.25) is 0 Å². The molecule has 8 heteroatoms. The summed E-state index contributed by atoms with van der Waals surface area (Å²) in [4.78, 5) is 25.6. The van der Waals surface area contributed by atoms with E-state index in [1.807, 2.05) is 30.3 Å². The van der Waals surface area contributed by atoms with Gasteiger partial charge in [-0.3, -0.25) is 0 Å². The van der Waals surface area contributed by atoms with E-state index in [1.165, 1.54) is 37.9 Å². The van der Waals surface area contributed by atoms with E-state index < -0.39 is 35.6 Å². The molecule has 32 heavy (non-hydrogen) atoms. The smallest absolute Gasteiger partial charge is 0.408 e. The molecule has 0 bridgehead atoms. The van der Waals surface area contributed by atoms with Crippen LogP contribution in [0.15, 0.2) is 53.4 Å². The molecule has 0 fully saturated rings. The van der Waals surface area contributed by atoms with Crippen molar-refractivity contribution in [3.05, 3.63) is 59.9 Å². The molecule has 0 aromatic heterocycles. The Morgan fingerprint density at radius 3 is 2.31 bits per heavy atom. The zero-order chi connectivity index (χ0) is 23.9. The standard InChI is InChI=1S/C24H30FNO5S/c1-15(26-23(28)31-24(3,4)5)22(27)30-16(2)21(32-18-10-8-7-9-11-18)19-13-12-17(25)14-20(19)29-6/h7-16,21H,1-6H3,(H,26,28)/t15-,16-,21-/m0/s1. The molecule has 3 atom stereocenters. The average Bonchev–Trinajstić information content (AvgIpc) is 2.71. The van der Waals surface area contributed by atoms with Gasteiger partial charge in [0.15, 0.2) is 0 Å². The van der Waals surface area contributed by atoms with Crippen LogP contribution < -0.4 is 10.1 Å². The van der Waals surface area contributed by atoms with Gasteiger partial charge < -0.3 is 19.5 Å². The molecule has 0 spiro atoms. The quantitative estimate of drug-likeness (QED) is 0.411. The van der Waals surface area contributed by atoms with Crippen molar-refractivity contribution in [2.75, 3.05) is 7.11 Å². The van der Waals surface area contributed by atoms with Crippen LogP contribution in [0.5, 0.6) is 5.75 Å². The molecule has 1 amide bonds. The summed E-state index contributed by atoms with van der Waals surface area (Å²) >= 11 is 1.47. The van der Waals surface area contributed by atoms with Crippen molar-refractivity contribution >= 4 is 23.8 Å². The molecule has 0 aliphatic rings. The van der Waals surface area contributed by atoms with Gasteiger partial charge in [-0.2, -0.15) is 0 Å². The lowest BCUT2D eigenvalue weighted by Crippen LogP contribution is -2.43. The van der Waals surface area contributed by atoms with Gasteiger partial charge in [-0.25, -0.2) is 14.0 Å². The summed E-state index contributed by atoms with van der Waals surface area (Å²) < 4.78 is 30.0. The first-order valence-corrected chi connectivity index (χ1v) is 11.1. The van der Waals surface area contributed by atoms with Crippen molar-refractivity contribution in [3.63, 3.8) is 0 Å². The van der Waals surface area contributed by atoms with Gasteiger partial charge in [0.1, 0.15) is 29.3 Å². The van der Waals surface area contributed by atoms with Gasteiger partial charge >= 0.3 is 12.1 Å². The van der Waals surface area contributed by atoms with E-state index in [1.54, 1.807) is 33.8 Å². The highest BCUT2D eigenvalue weighted by Crippen LogP contribution is 2.42. The van der Waals surface area contributed by atoms with E-state index >= 15 is 0 Å². The highest BCUT2D eigenvalue weighted by molar-refractivity contribution is 7.99. The van der Waals surface area contributed by atoms with Gasteiger partial charge in [0.05, 0.1) is 12.4 Å². The lowest BCUT2D eigenvalue weighted by molar-refractivity contribution is -0.150. The van der Waals surface area contributed by atoms with Gasteiger partial charge in [-0.05, 0) is 52.8 Å². The van der Waals surface area contributed by atoms with E-state index in [2.05, 4.69) is 5.32 Å². The number of amides is 1. The van der Waals surface area contributed by atoms with Gasteiger partial charge in [0, 0.05) is 16.5 Å². The monoisotopic (exact) mass is 463 g/mol. The van der Waals surface area contributed by atoms with Gasteiger partial charge in [-0.15, -0.1) is 11.8 Å². The van der Waals surface area contributed by atoms with Crippen LogP contribution >= 0.6 is 11.8 Å². The normalized spacial score (nSPS) is 14.1. The van der Waals surface area contributed by atoms with Crippen LogP contribution in [0.4, 0.5) is 9.18 Å². The second kappa shape index (κ2) is 11.2. The maximum absolute atomic E-state index is 13.8. The molecular formula is C24H30FNO5S. The van der Waals surface area contributed by atoms with Crippen molar-refractivity contribution < 1.29 is 28.2 Å². The SMILES string of the molecule is COc1cc(F)ccc1[C@@H](Sc1ccccc1)[C@H](C)OC(=O)[C@H](C)NC(=O)OC(C)(C)C. The van der Waals surface area contributed by atoms with E-state index in [4.69, 9.17) is 14.2 Å². The number of methoxy groups -OCH3 is 1. The molecule has 0 saturated heterocycles. The topological polar surface area (TPSA) is 73.9 Å². The molecule has 0 unspecified atom stereocenters. The molecule has 1 N–H and O–H groups in total. The minimum Gasteiger partial charge on any atom is -0.496 e. The summed E-state index contributed by atoms with van der Waals surface area (Å²) in [6.45, 7) is 8.48. The molecule has 0 radical (unpaired) electrons. The van der Waals surface area contributed by atoms with Crippen LogP contribution in [0.1, 0.15) is 45.4 Å². The van der Waals surface area contributed by atoms with Crippen LogP contribution in [0.2, 0.25) is 0 Å². The number of ether oxygens (including phenoxy) is 3. The molecule has 6 nitrogen and oxygen atoms in total. The van der Waals surface area contributed by atoms with Crippen LogP contribution in [-0.4, -0.2) is 36.9 Å². The number of thioether (sulfide) groups is 1. The van der Waals surface area contributed by atoms with Crippen molar-refractivity contribution in [3.8, 4) is 5.75 Å². The van der Waals surface area contributed by atoms with Gasteiger partial charge in [-0.1, -0.05) is 24.3 Å². The zero-order valence-electron chi connectivity index (χ0n) is 19.2. The average molecular weight is 464 g/mol. The largest absolute Gasteiger partial charge is 0.496 e. The summed E-state index contributed by atoms with van der Waals surface area (Å²) in [5.74, 6) is -0.668. The maximum atomic E-state index is 13.8. The number of halogens is 1. The van der Waals surface area contributed by atoms with Gasteiger partial charge in [0.25, 0.3) is 0 Å². The first-order valence-electron chi connectivity index (χ1n) is 10.3. The minimum absolute atomic E-state index is 0.362. The Balaban J connectivity index is 2.20. The number of hydrogen-bond donors (Lipinski definition) is 1. The number of esters is 1. The fourth-order valence-electron chi connectivity index (χ4n) is 2.87. The van der Waals surface area contributed by atoms with Crippen molar-refractivity contribution in [1.82, 2.24) is 5.32 Å². The zero-order valence-corrected chi connectivity index (χ0v) is 20.0. The lowest BCUT2D eigenvalue weighted by atomic mass is 10.1. The fourth-order valence-corrected chi connectivity index (χ4v) is 4.04. The van der Waals surface area contributed by atoms with E-state index in [-0.39, 0.29) is 5.25 Å². The number of nitrogens with one attached hydrogen (secondary N) is 1. The molecule has 2 rings (SSSR count). The van der Waals surface area contributed by atoms with Crippen LogP contribution in [0.25, 0.3) is 0 Å². The Labute approximate surface area is 192 Å². The Hall–Kier alpha value is -2.74. The molecule has 2 aromatic carbocycles. The summed E-state index contributed by atoms with van der Waals surface area (Å²) in [6, 6.07) is 13.0. The summed E-state index contributed by atoms with van der Waals surface area (Å²) in [5, 5.41) is 2.10. The number of carbonyl (C=O) groups is 2. The van der Waals surface area contributed by atoms with Crippen molar-refractivity contribution in [2.45, 2.75) is 62.5 Å². The summed E-state index contributed by atoms with van der Waals surface area (Å²) in [7, 11) is 1.46. The third kappa shape index (κ3) is 7.75. The second-order valence-corrected chi connectivity index (χ2v) is 9.46. The fraction of sp³-hybridized carbons (Fsp3) is 0.417. The Morgan fingerprint density at radius 2 is 1.72 bits per heavy atom. The number of carbonyl (C=O) groups excluding carboxylic acids is 2. The number of rotatable bonds is 8. The molecule has 0 heterocycles. The van der Waals surface area contributed by atoms with Crippen LogP contribution in [0, 0.1) is 5.82 Å². The minimum atomic E-state index is -0.912. The highest BCUT2D eigenvalue weighted by atomic mass is 32.2. The predicted molar refractivity (Wildman–Crippen MR) is 122 cm³/mol. The number of benzene rings is 2. The predicted octanol–water partition coefficient (Wildman–Crippen LogP) is 5.51. The Kier molecular flexibility index (Phi) is 8.95. The Bertz CT molecular complexity index is 916. The first kappa shape index (κ1) is 25.5. The third-order valence-electron chi connectivity index (χ3n) is 4.32. The van der Waals surface area contributed by atoms with E-state index in [0.29, 0.717) is 11.3 Å². The van der Waals surface area contributed by atoms with Crippen molar-refractivity contribution in [1.29, 1.82) is 0 Å². The molecule has 0 aliphatic carbocycles. The molecule has 0 saturated carbocycles. The molecule has 2 aromatic rings. The summed E-state index contributed by atoms with van der Waals surface area (Å²) in [6.07, 6.45) is -1.32. The van der Waals surface area contributed by atoms with E-state index in [9.17, 15) is 14.0 Å². The van der Waals surface area contributed by atoms with Crippen molar-refractivity contribution in [2.24, 2.45) is 0 Å². The number of alkyl carbamates (subject to hydrolysis) is 1. The molecule has 174 valence electrons. The number of hydrogen-bond acceptors (Lipinski definition) is 6. The molecule has 0 aliphatic heterocycles. The molecular weight excluding hydrogens is 433 g/mol. The first-order chi connectivity index (χ1) is 15.0. The maximum Gasteiger partial charge on any atom is 0.408 e. The van der Waals surface area contributed by atoms with Crippen LogP contribution in [-0.2, 0) is 14.3 Å². The lowest BCUT2D eigenvalue weighted by Gasteiger charge is -2.27. The van der Waals surface area contributed by atoms with Crippen LogP contribution in [0.3, 0.4) is 0 Å². The third-order valence-corrected chi connectivity index (χ3v) is 5.76.